The normalized spacial score (nSPS) is 30.8. The molecule has 0 bridgehead atoms. The van der Waals surface area contributed by atoms with Crippen LogP contribution in [0.15, 0.2) is 18.2 Å². The molecule has 2 aliphatic heterocycles. The van der Waals surface area contributed by atoms with Crippen molar-refractivity contribution in [2.24, 2.45) is 11.8 Å². The van der Waals surface area contributed by atoms with E-state index in [0.717, 1.165) is 43.6 Å². The molecular weight excluding hydrogens is 263 g/mol. The highest BCUT2D eigenvalue weighted by atomic mass is 35.5. The van der Waals surface area contributed by atoms with Crippen molar-refractivity contribution in [2.45, 2.75) is 25.9 Å². The van der Waals surface area contributed by atoms with E-state index in [4.69, 9.17) is 11.6 Å². The average Bonchev–Trinajstić information content (AvgIpc) is 2.94. The highest BCUT2D eigenvalue weighted by molar-refractivity contribution is 6.30. The predicted molar refractivity (Wildman–Crippen MR) is 75.7 cm³/mol. The highest BCUT2D eigenvalue weighted by Gasteiger charge is 2.42. The lowest BCUT2D eigenvalue weighted by Crippen LogP contribution is -2.34. The fourth-order valence-corrected chi connectivity index (χ4v) is 3.93. The second-order valence-electron chi connectivity index (χ2n) is 5.74. The Morgan fingerprint density at radius 1 is 1.42 bits per heavy atom. The van der Waals surface area contributed by atoms with Crippen LogP contribution in [0.3, 0.4) is 0 Å². The first-order valence-electron chi connectivity index (χ1n) is 7.07. The predicted octanol–water partition coefficient (Wildman–Crippen LogP) is 2.91. The summed E-state index contributed by atoms with van der Waals surface area (Å²) < 4.78 is 13.2. The van der Waals surface area contributed by atoms with Gasteiger partial charge in [0.1, 0.15) is 5.82 Å². The zero-order valence-electron chi connectivity index (χ0n) is 11.2. The molecule has 2 saturated heterocycles. The van der Waals surface area contributed by atoms with Crippen molar-refractivity contribution in [2.75, 3.05) is 19.6 Å². The van der Waals surface area contributed by atoms with Crippen molar-refractivity contribution >= 4 is 11.6 Å². The maximum absolute atomic E-state index is 13.2. The van der Waals surface area contributed by atoms with Crippen molar-refractivity contribution in [1.82, 2.24) is 10.2 Å². The van der Waals surface area contributed by atoms with Crippen LogP contribution in [0.1, 0.15) is 18.9 Å². The summed E-state index contributed by atoms with van der Waals surface area (Å²) in [6.45, 7) is 6.57. The molecule has 0 aliphatic carbocycles. The third-order valence-corrected chi connectivity index (χ3v) is 4.90. The summed E-state index contributed by atoms with van der Waals surface area (Å²) >= 11 is 5.86. The van der Waals surface area contributed by atoms with Crippen molar-refractivity contribution < 1.29 is 4.39 Å². The molecule has 0 spiro atoms. The molecule has 19 heavy (non-hydrogen) atoms. The van der Waals surface area contributed by atoms with Crippen LogP contribution in [0.2, 0.25) is 5.02 Å². The van der Waals surface area contributed by atoms with Gasteiger partial charge in [-0.1, -0.05) is 24.6 Å². The van der Waals surface area contributed by atoms with Crippen molar-refractivity contribution in [3.63, 3.8) is 0 Å². The Hall–Kier alpha value is -0.640. The number of benzene rings is 1. The number of hydrogen-bond acceptors (Lipinski definition) is 2. The van der Waals surface area contributed by atoms with Gasteiger partial charge in [0.05, 0.1) is 5.02 Å². The topological polar surface area (TPSA) is 15.3 Å². The first kappa shape index (κ1) is 13.3. The minimum atomic E-state index is -0.333. The molecule has 3 rings (SSSR count). The molecule has 0 aromatic heterocycles. The molecule has 1 aromatic carbocycles. The van der Waals surface area contributed by atoms with Crippen LogP contribution in [-0.2, 0) is 6.54 Å². The summed E-state index contributed by atoms with van der Waals surface area (Å²) in [6, 6.07) is 5.72. The van der Waals surface area contributed by atoms with Crippen molar-refractivity contribution in [3.05, 3.63) is 34.6 Å². The van der Waals surface area contributed by atoms with E-state index in [2.05, 4.69) is 17.1 Å². The van der Waals surface area contributed by atoms with Gasteiger partial charge in [-0.05, 0) is 49.0 Å². The molecule has 3 atom stereocenters. The quantitative estimate of drug-likeness (QED) is 0.917. The van der Waals surface area contributed by atoms with Gasteiger partial charge >= 0.3 is 0 Å². The Kier molecular flexibility index (Phi) is 3.79. The Morgan fingerprint density at radius 3 is 3.00 bits per heavy atom. The second kappa shape index (κ2) is 5.39. The van der Waals surface area contributed by atoms with Crippen LogP contribution < -0.4 is 5.32 Å². The van der Waals surface area contributed by atoms with Gasteiger partial charge < -0.3 is 5.32 Å². The van der Waals surface area contributed by atoms with Crippen molar-refractivity contribution in [1.29, 1.82) is 0 Å². The fourth-order valence-electron chi connectivity index (χ4n) is 3.73. The van der Waals surface area contributed by atoms with Gasteiger partial charge in [0, 0.05) is 19.1 Å². The maximum atomic E-state index is 13.2. The second-order valence-corrected chi connectivity index (χ2v) is 6.14. The van der Waals surface area contributed by atoms with E-state index >= 15 is 0 Å². The largest absolute Gasteiger partial charge is 0.316 e. The van der Waals surface area contributed by atoms with Gasteiger partial charge in [-0.2, -0.15) is 0 Å². The molecule has 104 valence electrons. The summed E-state index contributed by atoms with van der Waals surface area (Å²) in [5, 5.41) is 3.72. The summed E-state index contributed by atoms with van der Waals surface area (Å²) in [5.74, 6) is 1.22. The molecule has 3 unspecified atom stereocenters. The standard InChI is InChI=1S/C15H20ClFN2/c1-2-15-12-7-18-6-11(12)9-19(15)8-10-3-4-14(17)13(16)5-10/h3-5,11-12,15,18H,2,6-9H2,1H3. The Labute approximate surface area is 118 Å². The highest BCUT2D eigenvalue weighted by Crippen LogP contribution is 2.35. The molecule has 2 fully saturated rings. The molecule has 2 heterocycles. The lowest BCUT2D eigenvalue weighted by Gasteiger charge is -2.26. The van der Waals surface area contributed by atoms with Gasteiger partial charge in [0.2, 0.25) is 0 Å². The smallest absolute Gasteiger partial charge is 0.141 e. The molecule has 0 radical (unpaired) electrons. The number of likely N-dealkylation sites (tertiary alicyclic amines) is 1. The van der Waals surface area contributed by atoms with Gasteiger partial charge in [0.15, 0.2) is 0 Å². The van der Waals surface area contributed by atoms with Crippen molar-refractivity contribution in [3.8, 4) is 0 Å². The monoisotopic (exact) mass is 282 g/mol. The summed E-state index contributed by atoms with van der Waals surface area (Å²) in [6.07, 6.45) is 1.18. The molecule has 4 heteroatoms. The molecular formula is C15H20ClFN2. The lowest BCUT2D eigenvalue weighted by atomic mass is 9.93. The molecule has 2 aliphatic rings. The molecule has 0 saturated carbocycles. The van der Waals surface area contributed by atoms with Crippen LogP contribution in [0.25, 0.3) is 0 Å². The number of nitrogens with one attached hydrogen (secondary N) is 1. The number of nitrogens with zero attached hydrogens (tertiary/aromatic N) is 1. The third-order valence-electron chi connectivity index (χ3n) is 4.61. The number of fused-ring (bicyclic) bond motifs is 1. The minimum Gasteiger partial charge on any atom is -0.316 e. The summed E-state index contributed by atoms with van der Waals surface area (Å²) in [5.41, 5.74) is 1.11. The summed E-state index contributed by atoms with van der Waals surface area (Å²) in [7, 11) is 0. The first-order chi connectivity index (χ1) is 9.19. The van der Waals surface area contributed by atoms with E-state index in [1.165, 1.54) is 12.5 Å². The average molecular weight is 283 g/mol. The zero-order valence-corrected chi connectivity index (χ0v) is 12.0. The van der Waals surface area contributed by atoms with E-state index in [-0.39, 0.29) is 10.8 Å². The number of halogens is 2. The molecule has 1 N–H and O–H groups in total. The third kappa shape index (κ3) is 2.51. The Morgan fingerprint density at radius 2 is 2.26 bits per heavy atom. The first-order valence-corrected chi connectivity index (χ1v) is 7.45. The summed E-state index contributed by atoms with van der Waals surface area (Å²) in [4.78, 5) is 2.54. The Balaban J connectivity index is 1.74. The van der Waals surface area contributed by atoms with Crippen LogP contribution >= 0.6 is 11.6 Å². The van der Waals surface area contributed by atoms with Gasteiger partial charge in [0.25, 0.3) is 0 Å². The van der Waals surface area contributed by atoms with Gasteiger partial charge in [-0.25, -0.2) is 4.39 Å². The zero-order chi connectivity index (χ0) is 13.4. The van der Waals surface area contributed by atoms with E-state index in [1.54, 1.807) is 6.07 Å². The van der Waals surface area contributed by atoms with E-state index in [0.29, 0.717) is 6.04 Å². The molecule has 0 amide bonds. The van der Waals surface area contributed by atoms with Gasteiger partial charge in [-0.15, -0.1) is 0 Å². The van der Waals surface area contributed by atoms with E-state index < -0.39 is 0 Å². The SMILES string of the molecule is CCC1C2CNCC2CN1Cc1ccc(F)c(Cl)c1. The van der Waals surface area contributed by atoms with Gasteiger partial charge in [-0.3, -0.25) is 4.90 Å². The van der Waals surface area contributed by atoms with Crippen LogP contribution in [0.5, 0.6) is 0 Å². The molecule has 2 nitrogen and oxygen atoms in total. The Bertz CT molecular complexity index is 465. The van der Waals surface area contributed by atoms with Crippen LogP contribution in [-0.4, -0.2) is 30.6 Å². The maximum Gasteiger partial charge on any atom is 0.141 e. The van der Waals surface area contributed by atoms with E-state index in [1.807, 2.05) is 6.07 Å². The van der Waals surface area contributed by atoms with Crippen LogP contribution in [0.4, 0.5) is 4.39 Å². The minimum absolute atomic E-state index is 0.228. The number of hydrogen-bond donors (Lipinski definition) is 1. The lowest BCUT2D eigenvalue weighted by molar-refractivity contribution is 0.210. The van der Waals surface area contributed by atoms with Crippen LogP contribution in [0, 0.1) is 17.7 Å². The van der Waals surface area contributed by atoms with E-state index in [9.17, 15) is 4.39 Å². The molecule has 1 aromatic rings. The number of rotatable bonds is 3. The fraction of sp³-hybridized carbons (Fsp3) is 0.600.